The van der Waals surface area contributed by atoms with E-state index in [2.05, 4.69) is 6.07 Å². The van der Waals surface area contributed by atoms with E-state index in [9.17, 15) is 10.3 Å². The van der Waals surface area contributed by atoms with Gasteiger partial charge in [-0.25, -0.2) is 0 Å². The normalized spacial score (nSPS) is 16.6. The summed E-state index contributed by atoms with van der Waals surface area (Å²) in [6.07, 6.45) is 0.585. The van der Waals surface area contributed by atoms with Gasteiger partial charge in [0.05, 0.1) is 13.7 Å². The molecule has 0 aromatic heterocycles. The number of nitriles is 1. The molecule has 1 heterocycles. The average Bonchev–Trinajstić information content (AvgIpc) is 3.08. The third-order valence-electron chi connectivity index (χ3n) is 4.39. The maximum Gasteiger partial charge on any atom is 0.454 e. The highest BCUT2D eigenvalue weighted by atomic mass is 16.5. The minimum absolute atomic E-state index is 0.157. The molecule has 0 amide bonds. The van der Waals surface area contributed by atoms with Crippen LogP contribution in [0.5, 0.6) is 11.5 Å². The number of methoxy groups -OCH3 is 1. The third-order valence-corrected chi connectivity index (χ3v) is 4.39. The molecule has 1 N–H and O–H groups in total. The summed E-state index contributed by atoms with van der Waals surface area (Å²) in [5, 5.41) is 19.3. The van der Waals surface area contributed by atoms with Crippen LogP contribution in [0, 0.1) is 11.3 Å². The topological polar surface area (TPSA) is 71.7 Å². The Bertz CT molecular complexity index is 802. The lowest BCUT2D eigenvalue weighted by Gasteiger charge is -2.15. The minimum Gasteiger partial charge on any atom is -0.493 e. The molecule has 128 valence electrons. The molecule has 25 heavy (non-hydrogen) atoms. The summed E-state index contributed by atoms with van der Waals surface area (Å²) in [5.74, 6) is 1.17. The quantitative estimate of drug-likeness (QED) is 0.848. The van der Waals surface area contributed by atoms with Gasteiger partial charge in [-0.15, -0.1) is 0 Å². The van der Waals surface area contributed by atoms with Gasteiger partial charge in [0.15, 0.2) is 11.5 Å². The van der Waals surface area contributed by atoms with E-state index in [-0.39, 0.29) is 5.92 Å². The number of hydrogen-bond acceptors (Lipinski definition) is 5. The van der Waals surface area contributed by atoms with E-state index >= 15 is 0 Å². The van der Waals surface area contributed by atoms with Crippen LogP contribution in [0.15, 0.2) is 36.4 Å². The first-order valence-corrected chi connectivity index (χ1v) is 8.31. The molecule has 0 bridgehead atoms. The minimum atomic E-state index is -0.700. The lowest BCUT2D eigenvalue weighted by molar-refractivity contribution is 0.292. The summed E-state index contributed by atoms with van der Waals surface area (Å²) < 4.78 is 16.2. The van der Waals surface area contributed by atoms with Crippen molar-refractivity contribution in [3.63, 3.8) is 0 Å². The largest absolute Gasteiger partial charge is 0.493 e. The molecular formula is C19H20BNO4. The smallest absolute Gasteiger partial charge is 0.454 e. The molecular weight excluding hydrogens is 317 g/mol. The number of nitrogens with zero attached hydrogens (tertiary/aromatic N) is 1. The Hall–Kier alpha value is -2.49. The number of benzene rings is 2. The van der Waals surface area contributed by atoms with Crippen molar-refractivity contribution in [3.8, 4) is 28.7 Å². The van der Waals surface area contributed by atoms with Crippen LogP contribution in [0.3, 0.4) is 0 Å². The predicted molar refractivity (Wildman–Crippen MR) is 95.8 cm³/mol. The molecule has 6 heteroatoms. The molecule has 0 saturated carbocycles. The number of ether oxygens (including phenoxy) is 2. The van der Waals surface area contributed by atoms with Gasteiger partial charge in [-0.2, -0.15) is 5.26 Å². The van der Waals surface area contributed by atoms with Crippen LogP contribution in [-0.4, -0.2) is 32.5 Å². The first-order valence-electron chi connectivity index (χ1n) is 8.31. The van der Waals surface area contributed by atoms with Gasteiger partial charge in [0.25, 0.3) is 0 Å². The fourth-order valence-corrected chi connectivity index (χ4v) is 3.16. The molecule has 1 aliphatic rings. The molecule has 0 unspecified atom stereocenters. The van der Waals surface area contributed by atoms with Crippen LogP contribution >= 0.6 is 0 Å². The summed E-state index contributed by atoms with van der Waals surface area (Å²) in [6.45, 7) is 2.83. The van der Waals surface area contributed by atoms with Gasteiger partial charge in [0.2, 0.25) is 0 Å². The number of rotatable bonds is 5. The van der Waals surface area contributed by atoms with Crippen molar-refractivity contribution in [1.82, 2.24) is 0 Å². The molecule has 1 saturated heterocycles. The Labute approximate surface area is 147 Å². The van der Waals surface area contributed by atoms with Gasteiger partial charge in [-0.1, -0.05) is 24.3 Å². The highest BCUT2D eigenvalue weighted by molar-refractivity contribution is 6.43. The van der Waals surface area contributed by atoms with Crippen molar-refractivity contribution in [1.29, 1.82) is 5.26 Å². The van der Waals surface area contributed by atoms with Crippen molar-refractivity contribution >= 4 is 7.12 Å². The SMILES string of the molecule is CCOc1c(OC)ccc(-c2cccc([C@@H]3COB(O)C3)c2)c1C#N. The van der Waals surface area contributed by atoms with Gasteiger partial charge in [0.1, 0.15) is 11.6 Å². The molecule has 2 aromatic carbocycles. The van der Waals surface area contributed by atoms with Crippen LogP contribution in [0.1, 0.15) is 24.0 Å². The zero-order chi connectivity index (χ0) is 17.8. The van der Waals surface area contributed by atoms with Crippen molar-refractivity contribution in [2.45, 2.75) is 19.2 Å². The van der Waals surface area contributed by atoms with E-state index in [1.807, 2.05) is 43.3 Å². The first-order chi connectivity index (χ1) is 12.2. The van der Waals surface area contributed by atoms with Gasteiger partial charge >= 0.3 is 7.12 Å². The molecule has 3 rings (SSSR count). The summed E-state index contributed by atoms with van der Waals surface area (Å²) >= 11 is 0. The van der Waals surface area contributed by atoms with E-state index in [0.29, 0.717) is 36.6 Å². The zero-order valence-corrected chi connectivity index (χ0v) is 14.4. The van der Waals surface area contributed by atoms with E-state index in [1.54, 1.807) is 7.11 Å². The average molecular weight is 337 g/mol. The Morgan fingerprint density at radius 3 is 2.84 bits per heavy atom. The van der Waals surface area contributed by atoms with Gasteiger partial charge in [-0.05, 0) is 36.5 Å². The summed E-state index contributed by atoms with van der Waals surface area (Å²) in [4.78, 5) is 0. The van der Waals surface area contributed by atoms with Crippen molar-refractivity contribution in [3.05, 3.63) is 47.5 Å². The first kappa shape index (κ1) is 17.3. The maximum atomic E-state index is 9.68. The van der Waals surface area contributed by atoms with E-state index in [1.165, 1.54) is 0 Å². The van der Waals surface area contributed by atoms with Gasteiger partial charge < -0.3 is 19.2 Å². The van der Waals surface area contributed by atoms with E-state index < -0.39 is 7.12 Å². The Balaban J connectivity index is 2.05. The second-order valence-corrected chi connectivity index (χ2v) is 5.91. The Morgan fingerprint density at radius 1 is 1.36 bits per heavy atom. The van der Waals surface area contributed by atoms with Crippen LogP contribution in [0.25, 0.3) is 11.1 Å². The lowest BCUT2D eigenvalue weighted by atomic mass is 9.79. The maximum absolute atomic E-state index is 9.68. The molecule has 2 aromatic rings. The molecule has 1 atom stereocenters. The highest BCUT2D eigenvalue weighted by Crippen LogP contribution is 2.39. The van der Waals surface area contributed by atoms with Crippen LogP contribution in [-0.2, 0) is 4.65 Å². The number of hydrogen-bond donors (Lipinski definition) is 1. The molecule has 1 aliphatic heterocycles. The lowest BCUT2D eigenvalue weighted by Crippen LogP contribution is -2.07. The Morgan fingerprint density at radius 2 is 2.20 bits per heavy atom. The zero-order valence-electron chi connectivity index (χ0n) is 14.4. The summed E-state index contributed by atoms with van der Waals surface area (Å²) in [6, 6.07) is 13.9. The monoisotopic (exact) mass is 337 g/mol. The van der Waals surface area contributed by atoms with Crippen LogP contribution in [0.4, 0.5) is 0 Å². The molecule has 0 spiro atoms. The second-order valence-electron chi connectivity index (χ2n) is 5.91. The fourth-order valence-electron chi connectivity index (χ4n) is 3.16. The van der Waals surface area contributed by atoms with E-state index in [4.69, 9.17) is 14.1 Å². The highest BCUT2D eigenvalue weighted by Gasteiger charge is 2.29. The molecule has 0 aliphatic carbocycles. The Kier molecular flexibility index (Phi) is 5.27. The summed E-state index contributed by atoms with van der Waals surface area (Å²) in [7, 11) is 0.860. The van der Waals surface area contributed by atoms with Crippen molar-refractivity contribution in [2.24, 2.45) is 0 Å². The van der Waals surface area contributed by atoms with Crippen LogP contribution < -0.4 is 9.47 Å². The third kappa shape index (κ3) is 3.48. The van der Waals surface area contributed by atoms with E-state index in [0.717, 1.165) is 16.7 Å². The molecule has 5 nitrogen and oxygen atoms in total. The molecule has 0 radical (unpaired) electrons. The van der Waals surface area contributed by atoms with Crippen molar-refractivity contribution in [2.75, 3.05) is 20.3 Å². The van der Waals surface area contributed by atoms with Crippen molar-refractivity contribution < 1.29 is 19.2 Å². The van der Waals surface area contributed by atoms with Gasteiger partial charge in [0, 0.05) is 18.1 Å². The fraction of sp³-hybridized carbons (Fsp3) is 0.316. The summed E-state index contributed by atoms with van der Waals surface area (Å²) in [5.41, 5.74) is 3.28. The predicted octanol–water partition coefficient (Wildman–Crippen LogP) is 3.23. The molecule has 1 fully saturated rings. The second kappa shape index (κ2) is 7.60. The van der Waals surface area contributed by atoms with Gasteiger partial charge in [-0.3, -0.25) is 0 Å². The van der Waals surface area contributed by atoms with Crippen LogP contribution in [0.2, 0.25) is 6.32 Å². The standard InChI is InChI=1S/C19H20BNO4/c1-3-24-19-17(11-21)16(7-8-18(19)23-2)14-6-4-5-13(9-14)15-10-20(22)25-12-15/h4-9,15,22H,3,10,12H2,1-2H3/t15-/m0/s1.